The number of allylic oxidation sites excluding steroid dienone is 2. The molecule has 0 spiro atoms. The molecule has 0 bridgehead atoms. The van der Waals surface area contributed by atoms with Gasteiger partial charge in [-0.3, -0.25) is 9.59 Å². The van der Waals surface area contributed by atoms with Gasteiger partial charge in [-0.25, -0.2) is 0 Å². The van der Waals surface area contributed by atoms with E-state index in [-0.39, 0.29) is 11.7 Å². The van der Waals surface area contributed by atoms with Gasteiger partial charge >= 0.3 is 0 Å². The van der Waals surface area contributed by atoms with Crippen molar-refractivity contribution in [1.82, 2.24) is 5.32 Å². The van der Waals surface area contributed by atoms with Gasteiger partial charge in [-0.1, -0.05) is 19.3 Å². The predicted molar refractivity (Wildman–Crippen MR) is 91.3 cm³/mol. The first-order valence-electron chi connectivity index (χ1n) is 8.54. The van der Waals surface area contributed by atoms with Gasteiger partial charge in [0.1, 0.15) is 0 Å². The molecular formula is C19H24N2O2. The highest BCUT2D eigenvalue weighted by Crippen LogP contribution is 2.24. The van der Waals surface area contributed by atoms with Crippen molar-refractivity contribution in [1.29, 1.82) is 0 Å². The fraction of sp³-hybridized carbons (Fsp3) is 0.474. The normalized spacial score (nSPS) is 19.1. The van der Waals surface area contributed by atoms with Crippen LogP contribution in [0.4, 0.5) is 5.69 Å². The van der Waals surface area contributed by atoms with E-state index in [1.165, 1.54) is 19.3 Å². The fourth-order valence-corrected chi connectivity index (χ4v) is 3.33. The average Bonchev–Trinajstić information content (AvgIpc) is 2.88. The van der Waals surface area contributed by atoms with E-state index in [1.54, 1.807) is 0 Å². The highest BCUT2D eigenvalue weighted by atomic mass is 16.1. The Balaban J connectivity index is 1.60. The number of carbonyl (C=O) groups is 2. The van der Waals surface area contributed by atoms with E-state index in [0.29, 0.717) is 18.0 Å². The summed E-state index contributed by atoms with van der Waals surface area (Å²) in [7, 11) is 0. The Bertz CT molecular complexity index is 625. The summed E-state index contributed by atoms with van der Waals surface area (Å²) in [5, 5.41) is 6.42. The van der Waals surface area contributed by atoms with Crippen molar-refractivity contribution < 1.29 is 9.59 Å². The third-order valence-corrected chi connectivity index (χ3v) is 4.86. The minimum Gasteiger partial charge on any atom is -0.359 e. The van der Waals surface area contributed by atoms with E-state index in [4.69, 9.17) is 0 Å². The molecule has 122 valence electrons. The molecule has 4 nitrogen and oxygen atoms in total. The Labute approximate surface area is 137 Å². The molecule has 1 aromatic rings. The molecule has 23 heavy (non-hydrogen) atoms. The molecule has 0 aromatic heterocycles. The van der Waals surface area contributed by atoms with E-state index in [0.717, 1.165) is 36.2 Å². The molecule has 1 fully saturated rings. The van der Waals surface area contributed by atoms with Gasteiger partial charge in [0.25, 0.3) is 5.91 Å². The summed E-state index contributed by atoms with van der Waals surface area (Å²) >= 11 is 0. The van der Waals surface area contributed by atoms with Crippen molar-refractivity contribution in [3.63, 3.8) is 0 Å². The van der Waals surface area contributed by atoms with E-state index in [2.05, 4.69) is 10.6 Å². The molecule has 1 saturated carbocycles. The SMILES string of the molecule is CC1=C(Nc2ccc(C(=O)NC3CCCCC3)cc2)CCC1=O. The topological polar surface area (TPSA) is 58.2 Å². The van der Waals surface area contributed by atoms with Crippen molar-refractivity contribution in [3.8, 4) is 0 Å². The molecule has 0 aliphatic heterocycles. The number of ketones is 1. The zero-order valence-corrected chi connectivity index (χ0v) is 13.7. The van der Waals surface area contributed by atoms with Gasteiger partial charge in [0, 0.05) is 35.0 Å². The fourth-order valence-electron chi connectivity index (χ4n) is 3.33. The molecule has 0 radical (unpaired) electrons. The van der Waals surface area contributed by atoms with Crippen molar-refractivity contribution in [2.45, 2.75) is 57.9 Å². The van der Waals surface area contributed by atoms with Crippen LogP contribution in [0.3, 0.4) is 0 Å². The summed E-state index contributed by atoms with van der Waals surface area (Å²) in [5.74, 6) is 0.228. The lowest BCUT2D eigenvalue weighted by Gasteiger charge is -2.22. The van der Waals surface area contributed by atoms with Crippen LogP contribution in [0.5, 0.6) is 0 Å². The summed E-state index contributed by atoms with van der Waals surface area (Å²) in [6.07, 6.45) is 7.25. The molecule has 2 N–H and O–H groups in total. The molecular weight excluding hydrogens is 288 g/mol. The maximum Gasteiger partial charge on any atom is 0.251 e. The summed E-state index contributed by atoms with van der Waals surface area (Å²) in [5.41, 5.74) is 3.43. The number of hydrogen-bond acceptors (Lipinski definition) is 3. The maximum atomic E-state index is 12.3. The van der Waals surface area contributed by atoms with Crippen molar-refractivity contribution in [2.75, 3.05) is 5.32 Å². The smallest absolute Gasteiger partial charge is 0.251 e. The van der Waals surface area contributed by atoms with Crippen LogP contribution in [0.25, 0.3) is 0 Å². The minimum atomic E-state index is 0.00916. The van der Waals surface area contributed by atoms with Gasteiger partial charge in [-0.2, -0.15) is 0 Å². The summed E-state index contributed by atoms with van der Waals surface area (Å²) in [6, 6.07) is 7.81. The summed E-state index contributed by atoms with van der Waals surface area (Å²) in [4.78, 5) is 23.8. The van der Waals surface area contributed by atoms with E-state index >= 15 is 0 Å². The van der Waals surface area contributed by atoms with Crippen LogP contribution in [0.15, 0.2) is 35.5 Å². The maximum absolute atomic E-state index is 12.3. The van der Waals surface area contributed by atoms with Gasteiger partial charge in [0.2, 0.25) is 0 Å². The average molecular weight is 312 g/mol. The van der Waals surface area contributed by atoms with Crippen LogP contribution < -0.4 is 10.6 Å². The van der Waals surface area contributed by atoms with Gasteiger partial charge < -0.3 is 10.6 Å². The van der Waals surface area contributed by atoms with Crippen molar-refractivity contribution in [3.05, 3.63) is 41.1 Å². The van der Waals surface area contributed by atoms with Gasteiger partial charge in [0.05, 0.1) is 0 Å². The Kier molecular flexibility index (Phi) is 4.79. The molecule has 2 aliphatic rings. The zero-order valence-electron chi connectivity index (χ0n) is 13.7. The number of hydrogen-bond donors (Lipinski definition) is 2. The van der Waals surface area contributed by atoms with Gasteiger partial charge in [0.15, 0.2) is 5.78 Å². The molecule has 0 atom stereocenters. The second-order valence-electron chi connectivity index (χ2n) is 6.54. The Morgan fingerprint density at radius 2 is 1.74 bits per heavy atom. The number of benzene rings is 1. The highest BCUT2D eigenvalue weighted by molar-refractivity contribution is 5.99. The number of rotatable bonds is 4. The van der Waals surface area contributed by atoms with Crippen LogP contribution in [0.2, 0.25) is 0 Å². The van der Waals surface area contributed by atoms with Crippen LogP contribution in [0.1, 0.15) is 62.2 Å². The lowest BCUT2D eigenvalue weighted by Crippen LogP contribution is -2.36. The van der Waals surface area contributed by atoms with Crippen molar-refractivity contribution >= 4 is 17.4 Å². The van der Waals surface area contributed by atoms with E-state index in [9.17, 15) is 9.59 Å². The van der Waals surface area contributed by atoms with Crippen LogP contribution >= 0.6 is 0 Å². The third-order valence-electron chi connectivity index (χ3n) is 4.86. The van der Waals surface area contributed by atoms with Gasteiger partial charge in [-0.05, 0) is 50.5 Å². The van der Waals surface area contributed by atoms with Crippen molar-refractivity contribution in [2.24, 2.45) is 0 Å². The second kappa shape index (κ2) is 6.99. The quantitative estimate of drug-likeness (QED) is 0.889. The van der Waals surface area contributed by atoms with Crippen LogP contribution in [-0.2, 0) is 4.79 Å². The molecule has 0 unspecified atom stereocenters. The predicted octanol–water partition coefficient (Wildman–Crippen LogP) is 3.80. The molecule has 0 saturated heterocycles. The van der Waals surface area contributed by atoms with Crippen LogP contribution in [0, 0.1) is 0 Å². The lowest BCUT2D eigenvalue weighted by molar-refractivity contribution is -0.114. The number of carbonyl (C=O) groups excluding carboxylic acids is 2. The monoisotopic (exact) mass is 312 g/mol. The first-order chi connectivity index (χ1) is 11.1. The molecule has 3 rings (SSSR count). The Morgan fingerprint density at radius 3 is 2.35 bits per heavy atom. The molecule has 2 aliphatic carbocycles. The number of amides is 1. The Hall–Kier alpha value is -2.10. The minimum absolute atomic E-state index is 0.00916. The third kappa shape index (κ3) is 3.81. The number of nitrogens with one attached hydrogen (secondary N) is 2. The highest BCUT2D eigenvalue weighted by Gasteiger charge is 2.19. The molecule has 0 heterocycles. The molecule has 4 heteroatoms. The molecule has 1 aromatic carbocycles. The number of Topliss-reactive ketones (excluding diaryl/α,β-unsaturated/α-hetero) is 1. The first-order valence-corrected chi connectivity index (χ1v) is 8.54. The number of anilines is 1. The Morgan fingerprint density at radius 1 is 1.04 bits per heavy atom. The largest absolute Gasteiger partial charge is 0.359 e. The van der Waals surface area contributed by atoms with E-state index < -0.39 is 0 Å². The summed E-state index contributed by atoms with van der Waals surface area (Å²) < 4.78 is 0. The summed E-state index contributed by atoms with van der Waals surface area (Å²) in [6.45, 7) is 1.86. The molecule has 1 amide bonds. The second-order valence-corrected chi connectivity index (χ2v) is 6.54. The zero-order chi connectivity index (χ0) is 16.2. The van der Waals surface area contributed by atoms with Gasteiger partial charge in [-0.15, -0.1) is 0 Å². The standard InChI is InChI=1S/C19H24N2O2/c1-13-17(11-12-18(13)22)20-16-9-7-14(8-10-16)19(23)21-15-5-3-2-4-6-15/h7-10,15,20H,2-6,11-12H2,1H3,(H,21,23). The van der Waals surface area contributed by atoms with E-state index in [1.807, 2.05) is 31.2 Å². The van der Waals surface area contributed by atoms with Crippen LogP contribution in [-0.4, -0.2) is 17.7 Å². The first kappa shape index (κ1) is 15.8. The lowest BCUT2D eigenvalue weighted by atomic mass is 9.95.